The lowest BCUT2D eigenvalue weighted by Crippen LogP contribution is -2.22. The molecule has 1 atom stereocenters. The Kier molecular flexibility index (Phi) is 5.73. The summed E-state index contributed by atoms with van der Waals surface area (Å²) < 4.78 is 2.04. The first-order valence-corrected chi connectivity index (χ1v) is 10.1. The van der Waals surface area contributed by atoms with Crippen molar-refractivity contribution >= 4 is 34.1 Å². The monoisotopic (exact) mass is 387 g/mol. The van der Waals surface area contributed by atoms with E-state index in [1.165, 1.54) is 28.7 Å². The molecular formula is C18H21N5OS2. The molecule has 0 fully saturated rings. The maximum atomic E-state index is 12.4. The molecule has 136 valence electrons. The molecule has 0 bridgehead atoms. The van der Waals surface area contributed by atoms with Crippen LogP contribution in [0.3, 0.4) is 0 Å². The lowest BCUT2D eigenvalue weighted by Gasteiger charge is -2.12. The number of nitrogens with one attached hydrogen (secondary N) is 1. The van der Waals surface area contributed by atoms with Crippen LogP contribution in [0.5, 0.6) is 0 Å². The molecule has 0 spiro atoms. The summed E-state index contributed by atoms with van der Waals surface area (Å²) in [6.07, 6.45) is 0. The van der Waals surface area contributed by atoms with E-state index in [4.69, 9.17) is 0 Å². The third-order valence-corrected chi connectivity index (χ3v) is 5.77. The normalized spacial score (nSPS) is 12.2. The van der Waals surface area contributed by atoms with Crippen LogP contribution in [0.4, 0.5) is 5.13 Å². The molecule has 3 aromatic rings. The Morgan fingerprint density at radius 2 is 2.15 bits per heavy atom. The number of carbonyl (C=O) groups excluding carboxylic acids is 1. The Morgan fingerprint density at radius 3 is 2.81 bits per heavy atom. The number of aryl methyl sites for hydroxylation is 2. The average Bonchev–Trinajstić information content (AvgIpc) is 3.20. The second kappa shape index (κ2) is 8.01. The van der Waals surface area contributed by atoms with Gasteiger partial charge in [0.25, 0.3) is 0 Å². The Hall–Kier alpha value is -2.19. The van der Waals surface area contributed by atoms with Crippen LogP contribution in [-0.4, -0.2) is 30.9 Å². The molecule has 26 heavy (non-hydrogen) atoms. The standard InChI is InChI=1S/C18H21N5OS2/c1-5-23-15(14-8-6-7-11(2)9-14)21-22-18(23)26-13(4)16(24)20-17-19-12(3)10-25-17/h6-10,13H,5H2,1-4H3,(H,19,20,24)/t13-/m0/s1. The van der Waals surface area contributed by atoms with E-state index in [2.05, 4.69) is 46.5 Å². The summed E-state index contributed by atoms with van der Waals surface area (Å²) in [5.74, 6) is 0.731. The molecule has 2 aromatic heterocycles. The van der Waals surface area contributed by atoms with E-state index in [0.717, 1.165) is 28.8 Å². The van der Waals surface area contributed by atoms with Crippen molar-refractivity contribution in [2.75, 3.05) is 5.32 Å². The lowest BCUT2D eigenvalue weighted by molar-refractivity contribution is -0.115. The first-order chi connectivity index (χ1) is 12.5. The van der Waals surface area contributed by atoms with Gasteiger partial charge >= 0.3 is 0 Å². The van der Waals surface area contributed by atoms with Gasteiger partial charge in [-0.2, -0.15) is 0 Å². The minimum absolute atomic E-state index is 0.0906. The van der Waals surface area contributed by atoms with Gasteiger partial charge in [0, 0.05) is 17.5 Å². The zero-order valence-electron chi connectivity index (χ0n) is 15.2. The van der Waals surface area contributed by atoms with Crippen molar-refractivity contribution in [3.05, 3.63) is 40.9 Å². The fourth-order valence-electron chi connectivity index (χ4n) is 2.49. The molecule has 0 unspecified atom stereocenters. The van der Waals surface area contributed by atoms with Crippen LogP contribution in [-0.2, 0) is 11.3 Å². The molecule has 0 aliphatic carbocycles. The Balaban J connectivity index is 1.76. The molecule has 2 heterocycles. The van der Waals surface area contributed by atoms with E-state index in [-0.39, 0.29) is 11.2 Å². The highest BCUT2D eigenvalue weighted by Gasteiger charge is 2.21. The van der Waals surface area contributed by atoms with Crippen molar-refractivity contribution in [1.82, 2.24) is 19.7 Å². The van der Waals surface area contributed by atoms with Crippen LogP contribution in [0, 0.1) is 13.8 Å². The van der Waals surface area contributed by atoms with Crippen molar-refractivity contribution in [1.29, 1.82) is 0 Å². The number of hydrogen-bond donors (Lipinski definition) is 1. The smallest absolute Gasteiger partial charge is 0.239 e. The summed E-state index contributed by atoms with van der Waals surface area (Å²) in [6, 6.07) is 8.18. The van der Waals surface area contributed by atoms with Gasteiger partial charge in [-0.05, 0) is 33.8 Å². The molecule has 0 saturated carbocycles. The van der Waals surface area contributed by atoms with Crippen LogP contribution in [0.15, 0.2) is 34.8 Å². The van der Waals surface area contributed by atoms with Crippen LogP contribution < -0.4 is 5.32 Å². The number of nitrogens with zero attached hydrogens (tertiary/aromatic N) is 4. The predicted octanol–water partition coefficient (Wildman–Crippen LogP) is 4.16. The first-order valence-electron chi connectivity index (χ1n) is 8.37. The summed E-state index contributed by atoms with van der Waals surface area (Å²) in [5, 5.41) is 14.5. The van der Waals surface area contributed by atoms with Crippen molar-refractivity contribution in [3.63, 3.8) is 0 Å². The van der Waals surface area contributed by atoms with Gasteiger partial charge in [0.05, 0.1) is 10.9 Å². The lowest BCUT2D eigenvalue weighted by atomic mass is 10.1. The molecule has 8 heteroatoms. The van der Waals surface area contributed by atoms with E-state index in [0.29, 0.717) is 5.13 Å². The predicted molar refractivity (Wildman–Crippen MR) is 107 cm³/mol. The van der Waals surface area contributed by atoms with Crippen LogP contribution in [0.25, 0.3) is 11.4 Å². The minimum atomic E-state index is -0.306. The molecule has 0 saturated heterocycles. The maximum absolute atomic E-state index is 12.4. The van der Waals surface area contributed by atoms with E-state index in [9.17, 15) is 4.79 Å². The number of anilines is 1. The number of thioether (sulfide) groups is 1. The number of thiazole rings is 1. The third kappa shape index (κ3) is 4.13. The largest absolute Gasteiger partial charge is 0.302 e. The summed E-state index contributed by atoms with van der Waals surface area (Å²) in [7, 11) is 0. The highest BCUT2D eigenvalue weighted by molar-refractivity contribution is 8.00. The average molecular weight is 388 g/mol. The highest BCUT2D eigenvalue weighted by Crippen LogP contribution is 2.28. The van der Waals surface area contributed by atoms with E-state index in [1.807, 2.05) is 35.9 Å². The second-order valence-corrected chi connectivity index (χ2v) is 8.13. The van der Waals surface area contributed by atoms with Gasteiger partial charge in [-0.1, -0.05) is 35.5 Å². The van der Waals surface area contributed by atoms with Gasteiger partial charge in [-0.3, -0.25) is 4.79 Å². The van der Waals surface area contributed by atoms with Gasteiger partial charge < -0.3 is 9.88 Å². The quantitative estimate of drug-likeness (QED) is 0.643. The topological polar surface area (TPSA) is 72.7 Å². The zero-order chi connectivity index (χ0) is 18.7. The first kappa shape index (κ1) is 18.6. The molecular weight excluding hydrogens is 366 g/mol. The Bertz CT molecular complexity index is 918. The Labute approximate surface area is 161 Å². The van der Waals surface area contributed by atoms with Crippen molar-refractivity contribution in [3.8, 4) is 11.4 Å². The fourth-order valence-corrected chi connectivity index (χ4v) is 4.09. The van der Waals surface area contributed by atoms with E-state index in [1.54, 1.807) is 0 Å². The molecule has 0 aliphatic rings. The molecule has 1 N–H and O–H groups in total. The van der Waals surface area contributed by atoms with E-state index >= 15 is 0 Å². The molecule has 0 radical (unpaired) electrons. The molecule has 3 rings (SSSR count). The van der Waals surface area contributed by atoms with Crippen molar-refractivity contribution in [2.24, 2.45) is 0 Å². The highest BCUT2D eigenvalue weighted by atomic mass is 32.2. The number of hydrogen-bond acceptors (Lipinski definition) is 6. The van der Waals surface area contributed by atoms with Crippen molar-refractivity contribution in [2.45, 2.75) is 44.6 Å². The van der Waals surface area contributed by atoms with Crippen LogP contribution in [0.2, 0.25) is 0 Å². The van der Waals surface area contributed by atoms with Gasteiger partial charge in [0.1, 0.15) is 0 Å². The van der Waals surface area contributed by atoms with E-state index < -0.39 is 0 Å². The van der Waals surface area contributed by atoms with Crippen LogP contribution in [0.1, 0.15) is 25.1 Å². The zero-order valence-corrected chi connectivity index (χ0v) is 16.8. The molecule has 6 nitrogen and oxygen atoms in total. The molecule has 0 aliphatic heterocycles. The fraction of sp³-hybridized carbons (Fsp3) is 0.333. The number of carbonyl (C=O) groups is 1. The molecule has 1 aromatic carbocycles. The number of benzene rings is 1. The minimum Gasteiger partial charge on any atom is -0.302 e. The maximum Gasteiger partial charge on any atom is 0.239 e. The van der Waals surface area contributed by atoms with Gasteiger partial charge in [0.15, 0.2) is 16.1 Å². The van der Waals surface area contributed by atoms with Crippen molar-refractivity contribution < 1.29 is 4.79 Å². The summed E-state index contributed by atoms with van der Waals surface area (Å²) in [6.45, 7) is 8.61. The summed E-state index contributed by atoms with van der Waals surface area (Å²) in [4.78, 5) is 16.7. The van der Waals surface area contributed by atoms with Crippen LogP contribution >= 0.6 is 23.1 Å². The number of amides is 1. The van der Waals surface area contributed by atoms with Gasteiger partial charge in [0.2, 0.25) is 5.91 Å². The summed E-state index contributed by atoms with van der Waals surface area (Å²) >= 11 is 2.83. The van der Waals surface area contributed by atoms with Gasteiger partial charge in [-0.25, -0.2) is 4.98 Å². The third-order valence-electron chi connectivity index (χ3n) is 3.81. The van der Waals surface area contributed by atoms with Gasteiger partial charge in [-0.15, -0.1) is 21.5 Å². The second-order valence-electron chi connectivity index (χ2n) is 5.96. The molecule has 1 amide bonds. The number of aromatic nitrogens is 4. The number of rotatable bonds is 6. The summed E-state index contributed by atoms with van der Waals surface area (Å²) in [5.41, 5.74) is 3.11. The Morgan fingerprint density at radius 1 is 1.35 bits per heavy atom. The SMILES string of the molecule is CCn1c(S[C@@H](C)C(=O)Nc2nc(C)cs2)nnc1-c1cccc(C)c1.